The van der Waals surface area contributed by atoms with Crippen LogP contribution >= 0.6 is 15.9 Å². The number of ether oxygens (including phenoxy) is 3. The minimum absolute atomic E-state index is 0.150. The predicted molar refractivity (Wildman–Crippen MR) is 113 cm³/mol. The van der Waals surface area contributed by atoms with Gasteiger partial charge in [-0.3, -0.25) is 20.4 Å². The van der Waals surface area contributed by atoms with E-state index in [1.165, 1.54) is 0 Å². The van der Waals surface area contributed by atoms with Gasteiger partial charge >= 0.3 is 0 Å². The van der Waals surface area contributed by atoms with Crippen molar-refractivity contribution >= 4 is 27.7 Å². The van der Waals surface area contributed by atoms with Crippen LogP contribution in [0.3, 0.4) is 0 Å². The van der Waals surface area contributed by atoms with E-state index in [0.29, 0.717) is 17.2 Å². The second kappa shape index (κ2) is 10.2. The van der Waals surface area contributed by atoms with Crippen LogP contribution < -0.4 is 25.1 Å². The van der Waals surface area contributed by atoms with E-state index in [2.05, 4.69) is 47.6 Å². The summed E-state index contributed by atoms with van der Waals surface area (Å²) in [5.41, 5.74) is 5.41. The van der Waals surface area contributed by atoms with Gasteiger partial charge in [-0.25, -0.2) is 0 Å². The smallest absolute Gasteiger partial charge is 0.276 e. The van der Waals surface area contributed by atoms with E-state index in [4.69, 9.17) is 14.2 Å². The average molecular weight is 465 g/mol. The third kappa shape index (κ3) is 7.30. The molecule has 0 radical (unpaired) electrons. The van der Waals surface area contributed by atoms with Gasteiger partial charge < -0.3 is 14.2 Å². The van der Waals surface area contributed by atoms with Crippen LogP contribution in [0.1, 0.15) is 26.3 Å². The van der Waals surface area contributed by atoms with Gasteiger partial charge in [0.05, 0.1) is 7.11 Å². The summed E-state index contributed by atoms with van der Waals surface area (Å²) in [4.78, 5) is 23.8. The number of halogens is 1. The Morgan fingerprint density at radius 1 is 0.897 bits per heavy atom. The molecule has 0 spiro atoms. The maximum Gasteiger partial charge on any atom is 0.276 e. The lowest BCUT2D eigenvalue weighted by atomic mass is 9.86. The van der Waals surface area contributed by atoms with Crippen molar-refractivity contribution in [2.75, 3.05) is 20.3 Å². The molecule has 0 bridgehead atoms. The van der Waals surface area contributed by atoms with Crippen LogP contribution in [0.15, 0.2) is 46.9 Å². The van der Waals surface area contributed by atoms with Gasteiger partial charge in [0.25, 0.3) is 11.8 Å². The summed E-state index contributed by atoms with van der Waals surface area (Å²) in [6.45, 7) is 5.71. The number of rotatable bonds is 7. The molecule has 0 aromatic heterocycles. The normalized spacial score (nSPS) is 10.8. The molecule has 0 saturated heterocycles. The van der Waals surface area contributed by atoms with Crippen molar-refractivity contribution in [1.29, 1.82) is 0 Å². The van der Waals surface area contributed by atoms with Crippen molar-refractivity contribution in [3.8, 4) is 17.2 Å². The fourth-order valence-corrected chi connectivity index (χ4v) is 2.75. The fraction of sp³-hybridized carbons (Fsp3) is 0.333. The molecule has 0 saturated carbocycles. The summed E-state index contributed by atoms with van der Waals surface area (Å²) in [5.74, 6) is 0.846. The highest BCUT2D eigenvalue weighted by molar-refractivity contribution is 9.10. The van der Waals surface area contributed by atoms with Crippen molar-refractivity contribution in [2.24, 2.45) is 0 Å². The minimum Gasteiger partial charge on any atom is -0.497 e. The highest BCUT2D eigenvalue weighted by atomic mass is 79.9. The van der Waals surface area contributed by atoms with E-state index in [1.54, 1.807) is 37.4 Å². The zero-order valence-electron chi connectivity index (χ0n) is 16.9. The number of benzene rings is 2. The monoisotopic (exact) mass is 464 g/mol. The summed E-state index contributed by atoms with van der Waals surface area (Å²) >= 11 is 3.45. The maximum atomic E-state index is 12.0. The van der Waals surface area contributed by atoms with Crippen LogP contribution in [-0.2, 0) is 15.0 Å². The highest BCUT2D eigenvalue weighted by Crippen LogP contribution is 2.33. The second-order valence-corrected chi connectivity index (χ2v) is 8.16. The van der Waals surface area contributed by atoms with Crippen LogP contribution in [-0.4, -0.2) is 32.1 Å². The van der Waals surface area contributed by atoms with Gasteiger partial charge in [0, 0.05) is 10.0 Å². The Morgan fingerprint density at radius 2 is 1.45 bits per heavy atom. The molecule has 0 aliphatic carbocycles. The third-order valence-electron chi connectivity index (χ3n) is 3.88. The van der Waals surface area contributed by atoms with E-state index in [1.807, 2.05) is 12.1 Å². The molecule has 2 rings (SSSR count). The Balaban J connectivity index is 1.77. The third-order valence-corrected chi connectivity index (χ3v) is 4.37. The topological polar surface area (TPSA) is 85.9 Å². The fourth-order valence-electron chi connectivity index (χ4n) is 2.39. The molecule has 0 heterocycles. The first kappa shape index (κ1) is 22.5. The molecular weight excluding hydrogens is 440 g/mol. The van der Waals surface area contributed by atoms with Gasteiger partial charge in [-0.1, -0.05) is 36.7 Å². The maximum absolute atomic E-state index is 12.0. The van der Waals surface area contributed by atoms with Crippen molar-refractivity contribution in [2.45, 2.75) is 26.2 Å². The molecule has 0 aliphatic rings. The van der Waals surface area contributed by atoms with Crippen LogP contribution in [0.4, 0.5) is 0 Å². The number of carbonyl (C=O) groups excluding carboxylic acids is 2. The molecule has 0 fully saturated rings. The first-order valence-electron chi connectivity index (χ1n) is 8.96. The van der Waals surface area contributed by atoms with Crippen molar-refractivity contribution in [3.63, 3.8) is 0 Å². The lowest BCUT2D eigenvalue weighted by molar-refractivity contribution is -0.131. The standard InChI is InChI=1S/C21H25BrN2O5/c1-21(2,3)17-11-14(22)5-10-18(17)29-13-20(26)24-23-19(25)12-28-16-8-6-15(27-4)7-9-16/h5-11H,12-13H2,1-4H3,(H,23,25)(H,24,26). The van der Waals surface area contributed by atoms with Gasteiger partial charge in [-0.05, 0) is 47.9 Å². The molecule has 7 nitrogen and oxygen atoms in total. The van der Waals surface area contributed by atoms with Gasteiger partial charge in [-0.2, -0.15) is 0 Å². The van der Waals surface area contributed by atoms with E-state index in [0.717, 1.165) is 10.0 Å². The molecule has 2 N–H and O–H groups in total. The molecular formula is C21H25BrN2O5. The van der Waals surface area contributed by atoms with E-state index in [-0.39, 0.29) is 18.6 Å². The zero-order valence-corrected chi connectivity index (χ0v) is 18.5. The van der Waals surface area contributed by atoms with Crippen LogP contribution in [0.25, 0.3) is 0 Å². The van der Waals surface area contributed by atoms with Crippen molar-refractivity contribution in [1.82, 2.24) is 10.9 Å². The van der Waals surface area contributed by atoms with Crippen LogP contribution in [0.2, 0.25) is 0 Å². The first-order chi connectivity index (χ1) is 13.7. The second-order valence-electron chi connectivity index (χ2n) is 7.24. The molecule has 2 aromatic carbocycles. The summed E-state index contributed by atoms with van der Waals surface area (Å²) in [6, 6.07) is 12.4. The molecule has 156 valence electrons. The zero-order chi connectivity index (χ0) is 21.4. The number of carbonyl (C=O) groups is 2. The molecule has 0 atom stereocenters. The number of hydrogen-bond acceptors (Lipinski definition) is 5. The number of nitrogens with one attached hydrogen (secondary N) is 2. The predicted octanol–water partition coefficient (Wildman–Crippen LogP) is 3.36. The van der Waals surface area contributed by atoms with E-state index < -0.39 is 11.8 Å². The molecule has 29 heavy (non-hydrogen) atoms. The SMILES string of the molecule is COc1ccc(OCC(=O)NNC(=O)COc2ccc(Br)cc2C(C)(C)C)cc1. The number of hydrazine groups is 1. The first-order valence-corrected chi connectivity index (χ1v) is 9.75. The van der Waals surface area contributed by atoms with E-state index in [9.17, 15) is 9.59 Å². The highest BCUT2D eigenvalue weighted by Gasteiger charge is 2.20. The van der Waals surface area contributed by atoms with Crippen LogP contribution in [0.5, 0.6) is 17.2 Å². The van der Waals surface area contributed by atoms with Crippen LogP contribution in [0, 0.1) is 0 Å². The Hall–Kier alpha value is -2.74. The van der Waals surface area contributed by atoms with Gasteiger partial charge in [0.15, 0.2) is 13.2 Å². The summed E-state index contributed by atoms with van der Waals surface area (Å²) in [6.07, 6.45) is 0. The Morgan fingerprint density at radius 3 is 2.00 bits per heavy atom. The van der Waals surface area contributed by atoms with Gasteiger partial charge in [0.1, 0.15) is 17.2 Å². The molecule has 8 heteroatoms. The number of amides is 2. The largest absolute Gasteiger partial charge is 0.497 e. The quantitative estimate of drug-likeness (QED) is 0.613. The Bertz CT molecular complexity index is 847. The summed E-state index contributed by atoms with van der Waals surface area (Å²) in [5, 5.41) is 0. The molecule has 0 unspecified atom stereocenters. The number of hydrogen-bond donors (Lipinski definition) is 2. The summed E-state index contributed by atoms with van der Waals surface area (Å²) < 4.78 is 17.0. The molecule has 2 aromatic rings. The van der Waals surface area contributed by atoms with Crippen molar-refractivity contribution in [3.05, 3.63) is 52.5 Å². The van der Waals surface area contributed by atoms with Gasteiger partial charge in [0.2, 0.25) is 0 Å². The van der Waals surface area contributed by atoms with E-state index >= 15 is 0 Å². The minimum atomic E-state index is -0.492. The average Bonchev–Trinajstić information content (AvgIpc) is 2.69. The van der Waals surface area contributed by atoms with Crippen molar-refractivity contribution < 1.29 is 23.8 Å². The lowest BCUT2D eigenvalue weighted by Gasteiger charge is -2.23. The Labute approximate surface area is 178 Å². The lowest BCUT2D eigenvalue weighted by Crippen LogP contribution is -2.45. The Kier molecular flexibility index (Phi) is 7.90. The summed E-state index contributed by atoms with van der Waals surface area (Å²) in [7, 11) is 1.57. The van der Waals surface area contributed by atoms with Gasteiger partial charge in [-0.15, -0.1) is 0 Å². The molecule has 0 aliphatic heterocycles. The number of methoxy groups -OCH3 is 1. The molecule has 2 amide bonds.